The van der Waals surface area contributed by atoms with E-state index in [0.29, 0.717) is 41.4 Å². The number of aryl methyl sites for hydroxylation is 2. The fraction of sp³-hybridized carbons (Fsp3) is 0.231. The van der Waals surface area contributed by atoms with Crippen molar-refractivity contribution >= 4 is 11.6 Å². The van der Waals surface area contributed by atoms with E-state index in [9.17, 15) is 9.59 Å². The molecular weight excluding hydrogens is 408 g/mol. The Labute approximate surface area is 187 Å². The summed E-state index contributed by atoms with van der Waals surface area (Å²) in [6.07, 6.45) is 1.24. The van der Waals surface area contributed by atoms with Gasteiger partial charge in [0.25, 0.3) is 0 Å². The number of methoxy groups -OCH3 is 4. The molecular formula is C26H26O6. The van der Waals surface area contributed by atoms with Crippen molar-refractivity contribution in [3.8, 4) is 23.0 Å². The Bertz CT molecular complexity index is 1100. The maximum Gasteiger partial charge on any atom is 0.233 e. The van der Waals surface area contributed by atoms with Gasteiger partial charge in [-0.2, -0.15) is 0 Å². The van der Waals surface area contributed by atoms with Crippen LogP contribution in [-0.4, -0.2) is 40.0 Å². The van der Waals surface area contributed by atoms with Crippen molar-refractivity contribution in [2.75, 3.05) is 28.4 Å². The minimum atomic E-state index is -0.596. The van der Waals surface area contributed by atoms with E-state index in [-0.39, 0.29) is 5.56 Å². The zero-order chi connectivity index (χ0) is 23.1. The molecule has 0 amide bonds. The second kappa shape index (κ2) is 10.5. The minimum Gasteiger partial charge on any atom is -0.497 e. The van der Waals surface area contributed by atoms with Gasteiger partial charge in [0.1, 0.15) is 11.5 Å². The third-order valence-corrected chi connectivity index (χ3v) is 5.21. The molecule has 0 aliphatic heterocycles. The quantitative estimate of drug-likeness (QED) is 0.344. The number of ether oxygens (including phenoxy) is 4. The fourth-order valence-corrected chi connectivity index (χ4v) is 3.48. The molecule has 3 aromatic rings. The lowest BCUT2D eigenvalue weighted by atomic mass is 9.94. The van der Waals surface area contributed by atoms with Gasteiger partial charge in [0.15, 0.2) is 11.5 Å². The summed E-state index contributed by atoms with van der Waals surface area (Å²) in [4.78, 5) is 26.0. The first kappa shape index (κ1) is 22.9. The predicted molar refractivity (Wildman–Crippen MR) is 122 cm³/mol. The maximum atomic E-state index is 13.1. The molecule has 0 spiro atoms. The third kappa shape index (κ3) is 5.09. The van der Waals surface area contributed by atoms with Crippen LogP contribution in [0.5, 0.6) is 23.0 Å². The number of carbonyl (C=O) groups excluding carboxylic acids is 2. The molecule has 0 saturated carbocycles. The molecule has 6 nitrogen and oxygen atoms in total. The topological polar surface area (TPSA) is 71.1 Å². The van der Waals surface area contributed by atoms with Crippen molar-refractivity contribution in [2.24, 2.45) is 0 Å². The van der Waals surface area contributed by atoms with Gasteiger partial charge in [-0.15, -0.1) is 0 Å². The van der Waals surface area contributed by atoms with Gasteiger partial charge in [-0.25, -0.2) is 0 Å². The van der Waals surface area contributed by atoms with Gasteiger partial charge in [-0.05, 0) is 54.3 Å². The molecule has 166 valence electrons. The summed E-state index contributed by atoms with van der Waals surface area (Å²) in [5, 5.41) is 0. The van der Waals surface area contributed by atoms with E-state index in [0.717, 1.165) is 11.1 Å². The van der Waals surface area contributed by atoms with Crippen LogP contribution in [0.3, 0.4) is 0 Å². The molecule has 0 aromatic heterocycles. The van der Waals surface area contributed by atoms with Crippen molar-refractivity contribution in [1.29, 1.82) is 0 Å². The molecule has 0 bridgehead atoms. The molecule has 0 aliphatic carbocycles. The van der Waals surface area contributed by atoms with Gasteiger partial charge in [0, 0.05) is 17.2 Å². The van der Waals surface area contributed by atoms with Crippen LogP contribution in [0.15, 0.2) is 60.7 Å². The van der Waals surface area contributed by atoms with Crippen molar-refractivity contribution in [3.63, 3.8) is 0 Å². The van der Waals surface area contributed by atoms with Gasteiger partial charge in [0.2, 0.25) is 11.6 Å². The van der Waals surface area contributed by atoms with Crippen LogP contribution < -0.4 is 18.9 Å². The van der Waals surface area contributed by atoms with Crippen LogP contribution in [0.1, 0.15) is 31.8 Å². The Morgan fingerprint density at radius 3 is 1.94 bits per heavy atom. The highest BCUT2D eigenvalue weighted by atomic mass is 16.5. The van der Waals surface area contributed by atoms with Crippen molar-refractivity contribution in [3.05, 3.63) is 82.9 Å². The molecule has 0 atom stereocenters. The van der Waals surface area contributed by atoms with E-state index >= 15 is 0 Å². The van der Waals surface area contributed by atoms with Gasteiger partial charge in [-0.1, -0.05) is 24.3 Å². The Kier molecular flexibility index (Phi) is 7.49. The summed E-state index contributed by atoms with van der Waals surface area (Å²) in [7, 11) is 6.20. The van der Waals surface area contributed by atoms with E-state index in [2.05, 4.69) is 0 Å². The standard InChI is InChI=1S/C26H26O6/c1-29-20-13-17(14-21(16-20)30-2)9-10-18-7-5-6-8-22(18)26(28)25(27)19-11-12-23(31-3)24(15-19)32-4/h5-8,11-16H,9-10H2,1-4H3. The highest BCUT2D eigenvalue weighted by molar-refractivity contribution is 6.49. The molecule has 0 unspecified atom stereocenters. The highest BCUT2D eigenvalue weighted by Gasteiger charge is 2.22. The first-order valence-corrected chi connectivity index (χ1v) is 10.1. The monoisotopic (exact) mass is 434 g/mol. The smallest absolute Gasteiger partial charge is 0.233 e. The maximum absolute atomic E-state index is 13.1. The summed E-state index contributed by atoms with van der Waals surface area (Å²) in [6.45, 7) is 0. The fourth-order valence-electron chi connectivity index (χ4n) is 3.48. The van der Waals surface area contributed by atoms with Gasteiger partial charge >= 0.3 is 0 Å². The molecule has 32 heavy (non-hydrogen) atoms. The van der Waals surface area contributed by atoms with Crippen LogP contribution in [0, 0.1) is 0 Å². The molecule has 6 heteroatoms. The van der Waals surface area contributed by atoms with E-state index < -0.39 is 11.6 Å². The van der Waals surface area contributed by atoms with Crippen LogP contribution in [0.25, 0.3) is 0 Å². The van der Waals surface area contributed by atoms with Crippen LogP contribution >= 0.6 is 0 Å². The number of hydrogen-bond acceptors (Lipinski definition) is 6. The summed E-state index contributed by atoms with van der Waals surface area (Å²) in [5.74, 6) is 1.13. The molecule has 3 aromatic carbocycles. The Morgan fingerprint density at radius 2 is 1.31 bits per heavy atom. The van der Waals surface area contributed by atoms with Crippen LogP contribution in [0.2, 0.25) is 0 Å². The molecule has 0 fully saturated rings. The molecule has 0 radical (unpaired) electrons. The van der Waals surface area contributed by atoms with E-state index in [1.807, 2.05) is 30.3 Å². The van der Waals surface area contributed by atoms with E-state index in [1.54, 1.807) is 38.5 Å². The van der Waals surface area contributed by atoms with Crippen molar-refractivity contribution in [2.45, 2.75) is 12.8 Å². The van der Waals surface area contributed by atoms with Gasteiger partial charge in [0.05, 0.1) is 28.4 Å². The molecule has 0 heterocycles. The average Bonchev–Trinajstić information content (AvgIpc) is 2.85. The Hall–Kier alpha value is -3.80. The number of Topliss-reactive ketones (excluding diaryl/α,β-unsaturated/α-hetero) is 2. The Morgan fingerprint density at radius 1 is 0.656 bits per heavy atom. The number of rotatable bonds is 10. The first-order chi connectivity index (χ1) is 15.5. The average molecular weight is 434 g/mol. The largest absolute Gasteiger partial charge is 0.497 e. The SMILES string of the molecule is COc1cc(CCc2ccccc2C(=O)C(=O)c2ccc(OC)c(OC)c2)cc(OC)c1. The minimum absolute atomic E-state index is 0.250. The van der Waals surface area contributed by atoms with Crippen LogP contribution in [-0.2, 0) is 12.8 Å². The first-order valence-electron chi connectivity index (χ1n) is 10.1. The molecule has 0 aliphatic rings. The summed E-state index contributed by atoms with van der Waals surface area (Å²) >= 11 is 0. The molecule has 0 N–H and O–H groups in total. The number of hydrogen-bond donors (Lipinski definition) is 0. The van der Waals surface area contributed by atoms with Crippen molar-refractivity contribution in [1.82, 2.24) is 0 Å². The zero-order valence-corrected chi connectivity index (χ0v) is 18.6. The zero-order valence-electron chi connectivity index (χ0n) is 18.6. The van der Waals surface area contributed by atoms with E-state index in [4.69, 9.17) is 18.9 Å². The second-order valence-electron chi connectivity index (χ2n) is 7.11. The number of carbonyl (C=O) groups is 2. The lowest BCUT2D eigenvalue weighted by Crippen LogP contribution is -2.17. The summed E-state index contributed by atoms with van der Waals surface area (Å²) in [5.41, 5.74) is 2.45. The normalized spacial score (nSPS) is 10.4. The van der Waals surface area contributed by atoms with Gasteiger partial charge < -0.3 is 18.9 Å². The number of benzene rings is 3. The summed E-state index contributed by atoms with van der Waals surface area (Å²) < 4.78 is 21.1. The van der Waals surface area contributed by atoms with E-state index in [1.165, 1.54) is 20.3 Å². The van der Waals surface area contributed by atoms with Crippen LogP contribution in [0.4, 0.5) is 0 Å². The van der Waals surface area contributed by atoms with Crippen molar-refractivity contribution < 1.29 is 28.5 Å². The lowest BCUT2D eigenvalue weighted by molar-refractivity contribution is 0.0816. The predicted octanol–water partition coefficient (Wildman–Crippen LogP) is 4.57. The molecule has 3 rings (SSSR count). The third-order valence-electron chi connectivity index (χ3n) is 5.21. The van der Waals surface area contributed by atoms with Gasteiger partial charge in [-0.3, -0.25) is 9.59 Å². The lowest BCUT2D eigenvalue weighted by Gasteiger charge is -2.11. The second-order valence-corrected chi connectivity index (χ2v) is 7.11. The summed E-state index contributed by atoms with van der Waals surface area (Å²) in [6, 6.07) is 17.5. The highest BCUT2D eigenvalue weighted by Crippen LogP contribution is 2.28. The molecule has 0 saturated heterocycles. The number of ketones is 2. The Balaban J connectivity index is 1.83.